The number of rotatable bonds is 6. The van der Waals surface area contributed by atoms with Gasteiger partial charge in [-0.2, -0.15) is 0 Å². The highest BCUT2D eigenvalue weighted by Crippen LogP contribution is 2.35. The van der Waals surface area contributed by atoms with Crippen LogP contribution in [-0.2, 0) is 11.4 Å². The van der Waals surface area contributed by atoms with Crippen LogP contribution in [0, 0.1) is 31.4 Å². The van der Waals surface area contributed by atoms with Gasteiger partial charge in [0.05, 0.1) is 18.1 Å². The van der Waals surface area contributed by atoms with E-state index < -0.39 is 11.6 Å². The first kappa shape index (κ1) is 19.9. The van der Waals surface area contributed by atoms with Crippen LogP contribution in [0.3, 0.4) is 0 Å². The topological polar surface area (TPSA) is 77.0 Å². The summed E-state index contributed by atoms with van der Waals surface area (Å²) in [5.41, 5.74) is 1.45. The van der Waals surface area contributed by atoms with E-state index in [0.717, 1.165) is 19.0 Å². The van der Waals surface area contributed by atoms with E-state index in [0.29, 0.717) is 22.8 Å². The second kappa shape index (κ2) is 8.14. The second-order valence-electron chi connectivity index (χ2n) is 7.24. The third kappa shape index (κ3) is 4.27. The fourth-order valence-electron chi connectivity index (χ4n) is 3.14. The van der Waals surface area contributed by atoms with Gasteiger partial charge in [-0.05, 0) is 44.4 Å². The van der Waals surface area contributed by atoms with Crippen LogP contribution in [0.2, 0.25) is 0 Å². The molecule has 0 atom stereocenters. The molecule has 1 aromatic carbocycles. The number of benzene rings is 1. The molecule has 1 N–H and O–H groups in total. The van der Waals surface area contributed by atoms with E-state index >= 15 is 0 Å². The predicted octanol–water partition coefficient (Wildman–Crippen LogP) is 4.36. The number of carbonyl (C=O) groups excluding carboxylic acids is 1. The first-order valence-electron chi connectivity index (χ1n) is 9.59. The van der Waals surface area contributed by atoms with E-state index in [-0.39, 0.29) is 35.4 Å². The summed E-state index contributed by atoms with van der Waals surface area (Å²) in [6.07, 6.45) is 4.17. The normalized spacial score (nSPS) is 13.2. The predicted molar refractivity (Wildman–Crippen MR) is 107 cm³/mol. The molecular formula is C22H20F2N4O2. The maximum absolute atomic E-state index is 14.8. The zero-order chi connectivity index (χ0) is 21.3. The lowest BCUT2D eigenvalue weighted by molar-refractivity contribution is -0.117. The zero-order valence-corrected chi connectivity index (χ0v) is 16.6. The number of halogens is 2. The largest absolute Gasteiger partial charge is 0.485 e. The zero-order valence-electron chi connectivity index (χ0n) is 16.6. The van der Waals surface area contributed by atoms with Crippen molar-refractivity contribution >= 4 is 11.7 Å². The highest BCUT2D eigenvalue weighted by atomic mass is 19.1. The minimum absolute atomic E-state index is 0.0655. The van der Waals surface area contributed by atoms with Crippen LogP contribution in [0.4, 0.5) is 14.6 Å². The molecule has 1 aliphatic carbocycles. The quantitative estimate of drug-likeness (QED) is 0.653. The van der Waals surface area contributed by atoms with E-state index in [1.807, 2.05) is 0 Å². The average molecular weight is 410 g/mol. The number of aryl methyl sites for hydroxylation is 2. The third-order valence-electron chi connectivity index (χ3n) is 4.86. The molecule has 4 rings (SSSR count). The Morgan fingerprint density at radius 1 is 1.20 bits per heavy atom. The molecule has 0 saturated heterocycles. The summed E-state index contributed by atoms with van der Waals surface area (Å²) in [6, 6.07) is 5.72. The molecule has 0 bridgehead atoms. The highest BCUT2D eigenvalue weighted by molar-refractivity contribution is 5.97. The van der Waals surface area contributed by atoms with Crippen molar-refractivity contribution in [1.82, 2.24) is 15.0 Å². The molecule has 30 heavy (non-hydrogen) atoms. The molecule has 2 heterocycles. The average Bonchev–Trinajstić information content (AvgIpc) is 3.54. The number of nitrogens with zero attached hydrogens (tertiary/aromatic N) is 3. The van der Waals surface area contributed by atoms with Crippen molar-refractivity contribution in [2.75, 3.05) is 5.32 Å². The van der Waals surface area contributed by atoms with Crippen molar-refractivity contribution in [1.29, 1.82) is 0 Å². The number of amides is 1. The van der Waals surface area contributed by atoms with E-state index in [1.54, 1.807) is 19.9 Å². The molecule has 1 saturated carbocycles. The summed E-state index contributed by atoms with van der Waals surface area (Å²) in [7, 11) is 0. The van der Waals surface area contributed by atoms with Crippen molar-refractivity contribution in [2.24, 2.45) is 5.92 Å². The van der Waals surface area contributed by atoms with Crippen LogP contribution in [-0.4, -0.2) is 20.9 Å². The van der Waals surface area contributed by atoms with Crippen LogP contribution in [0.5, 0.6) is 5.75 Å². The molecule has 0 spiro atoms. The highest BCUT2D eigenvalue weighted by Gasteiger charge is 2.31. The molecule has 1 fully saturated rings. The number of anilines is 1. The minimum Gasteiger partial charge on any atom is -0.485 e. The number of ether oxygens (including phenoxy) is 1. The van der Waals surface area contributed by atoms with Crippen molar-refractivity contribution in [2.45, 2.75) is 33.3 Å². The van der Waals surface area contributed by atoms with E-state index in [1.165, 1.54) is 24.4 Å². The Hall–Kier alpha value is -3.42. The van der Waals surface area contributed by atoms with Gasteiger partial charge in [0, 0.05) is 17.0 Å². The number of nitrogens with one attached hydrogen (secondary N) is 1. The maximum Gasteiger partial charge on any atom is 0.228 e. The Kier molecular flexibility index (Phi) is 5.39. The van der Waals surface area contributed by atoms with Crippen molar-refractivity contribution in [3.05, 3.63) is 65.4 Å². The molecule has 0 unspecified atom stereocenters. The Labute approximate surface area is 172 Å². The smallest absolute Gasteiger partial charge is 0.228 e. The van der Waals surface area contributed by atoms with E-state index in [4.69, 9.17) is 4.74 Å². The summed E-state index contributed by atoms with van der Waals surface area (Å²) in [5.74, 6) is -0.165. The van der Waals surface area contributed by atoms with Crippen molar-refractivity contribution < 1.29 is 18.3 Å². The summed E-state index contributed by atoms with van der Waals surface area (Å²) in [5, 5.41) is 2.76. The molecule has 1 amide bonds. The molecule has 0 radical (unpaired) electrons. The first-order chi connectivity index (χ1) is 14.4. The molecule has 1 aliphatic rings. The number of pyridine rings is 1. The monoisotopic (exact) mass is 410 g/mol. The van der Waals surface area contributed by atoms with E-state index in [2.05, 4.69) is 20.3 Å². The van der Waals surface area contributed by atoms with Crippen molar-refractivity contribution in [3.63, 3.8) is 0 Å². The van der Waals surface area contributed by atoms with Gasteiger partial charge >= 0.3 is 0 Å². The number of hydrogen-bond acceptors (Lipinski definition) is 5. The fourth-order valence-corrected chi connectivity index (χ4v) is 3.14. The van der Waals surface area contributed by atoms with Gasteiger partial charge in [-0.25, -0.2) is 23.7 Å². The van der Waals surface area contributed by atoms with Crippen LogP contribution in [0.25, 0.3) is 11.1 Å². The lowest BCUT2D eigenvalue weighted by atomic mass is 10.00. The second-order valence-corrected chi connectivity index (χ2v) is 7.24. The van der Waals surface area contributed by atoms with Gasteiger partial charge in [0.1, 0.15) is 29.9 Å². The molecule has 0 aliphatic heterocycles. The molecule has 3 aromatic rings. The van der Waals surface area contributed by atoms with Gasteiger partial charge in [0.25, 0.3) is 0 Å². The summed E-state index contributed by atoms with van der Waals surface area (Å²) < 4.78 is 34.5. The molecule has 154 valence electrons. The van der Waals surface area contributed by atoms with Gasteiger partial charge in [0.2, 0.25) is 5.91 Å². The van der Waals surface area contributed by atoms with Gasteiger partial charge < -0.3 is 10.1 Å². The fraction of sp³-hybridized carbons (Fsp3) is 0.273. The Morgan fingerprint density at radius 2 is 2.00 bits per heavy atom. The summed E-state index contributed by atoms with van der Waals surface area (Å²) in [6.45, 7) is 3.36. The Morgan fingerprint density at radius 3 is 2.70 bits per heavy atom. The van der Waals surface area contributed by atoms with Crippen LogP contribution >= 0.6 is 0 Å². The van der Waals surface area contributed by atoms with Crippen LogP contribution < -0.4 is 10.1 Å². The molecular weight excluding hydrogens is 390 g/mol. The first-order valence-corrected chi connectivity index (χ1v) is 9.59. The van der Waals surface area contributed by atoms with Gasteiger partial charge in [0.15, 0.2) is 5.75 Å². The van der Waals surface area contributed by atoms with E-state index in [9.17, 15) is 13.6 Å². The standard InChI is InChI=1S/C22H20F2N4O2/c1-12-19(10-25-13(2)27-12)30-11-17-18(24)9-26-21(28-22(29)14-6-7-14)20(17)15-4-3-5-16(23)8-15/h3-5,8-10,14H,6-7,11H2,1-2H3,(H,26,28,29). The molecule has 2 aromatic heterocycles. The number of aromatic nitrogens is 3. The summed E-state index contributed by atoms with van der Waals surface area (Å²) >= 11 is 0. The summed E-state index contributed by atoms with van der Waals surface area (Å²) in [4.78, 5) is 24.7. The lowest BCUT2D eigenvalue weighted by Gasteiger charge is -2.17. The minimum atomic E-state index is -0.621. The molecule has 6 nitrogen and oxygen atoms in total. The van der Waals surface area contributed by atoms with Crippen LogP contribution in [0.1, 0.15) is 29.9 Å². The SMILES string of the molecule is Cc1ncc(OCc2c(F)cnc(NC(=O)C3CC3)c2-c2cccc(F)c2)c(C)n1. The lowest BCUT2D eigenvalue weighted by Crippen LogP contribution is -2.17. The maximum atomic E-state index is 14.8. The van der Waals surface area contributed by atoms with Crippen LogP contribution in [0.15, 0.2) is 36.7 Å². The number of hydrogen-bond donors (Lipinski definition) is 1. The third-order valence-corrected chi connectivity index (χ3v) is 4.86. The molecule has 8 heteroatoms. The van der Waals surface area contributed by atoms with Gasteiger partial charge in [-0.1, -0.05) is 12.1 Å². The number of carbonyl (C=O) groups is 1. The Balaban J connectivity index is 1.74. The van der Waals surface area contributed by atoms with Gasteiger partial charge in [-0.3, -0.25) is 4.79 Å². The van der Waals surface area contributed by atoms with Crippen molar-refractivity contribution in [3.8, 4) is 16.9 Å². The Bertz CT molecular complexity index is 1120. The van der Waals surface area contributed by atoms with Gasteiger partial charge in [-0.15, -0.1) is 0 Å².